The summed E-state index contributed by atoms with van der Waals surface area (Å²) in [4.78, 5) is 0. The maximum absolute atomic E-state index is 10.4. The molecule has 0 saturated heterocycles. The fourth-order valence-corrected chi connectivity index (χ4v) is 2.86. The van der Waals surface area contributed by atoms with E-state index in [0.29, 0.717) is 0 Å². The molecule has 1 saturated carbocycles. The zero-order chi connectivity index (χ0) is 13.4. The van der Waals surface area contributed by atoms with Gasteiger partial charge in [-0.05, 0) is 61.4 Å². The third-order valence-electron chi connectivity index (χ3n) is 3.56. The van der Waals surface area contributed by atoms with Crippen LogP contribution in [0.5, 0.6) is 0 Å². The highest BCUT2D eigenvalue weighted by molar-refractivity contribution is 6.30. The Morgan fingerprint density at radius 3 is 2.33 bits per heavy atom. The highest BCUT2D eigenvalue weighted by Gasteiger charge is 2.50. The van der Waals surface area contributed by atoms with Gasteiger partial charge in [0.25, 0.3) is 0 Å². The van der Waals surface area contributed by atoms with Crippen LogP contribution < -0.4 is 0 Å². The lowest BCUT2D eigenvalue weighted by Crippen LogP contribution is -2.51. The Kier molecular flexibility index (Phi) is 3.42. The van der Waals surface area contributed by atoms with Crippen molar-refractivity contribution in [1.29, 1.82) is 0 Å². The maximum Gasteiger partial charge on any atom is 0.0917 e. The van der Waals surface area contributed by atoms with Gasteiger partial charge >= 0.3 is 0 Å². The van der Waals surface area contributed by atoms with Crippen LogP contribution in [0, 0.1) is 0 Å². The average molecular weight is 263 g/mol. The molecule has 1 fully saturated rings. The molecule has 0 bridgehead atoms. The number of rotatable bonds is 2. The van der Waals surface area contributed by atoms with Crippen LogP contribution in [0.15, 0.2) is 41.6 Å². The van der Waals surface area contributed by atoms with Crippen LogP contribution in [0.3, 0.4) is 0 Å². The minimum atomic E-state index is -0.703. The SMILES string of the molecule is CC(C)=C=CC1(O)CC(C)(c2ccc(Cl)cc2)C1. The first-order valence-electron chi connectivity index (χ1n) is 6.23. The fourth-order valence-electron chi connectivity index (χ4n) is 2.74. The van der Waals surface area contributed by atoms with E-state index in [1.807, 2.05) is 38.1 Å². The quantitative estimate of drug-likeness (QED) is 0.791. The van der Waals surface area contributed by atoms with Crippen LogP contribution in [0.1, 0.15) is 39.2 Å². The predicted molar refractivity (Wildman–Crippen MR) is 75.9 cm³/mol. The van der Waals surface area contributed by atoms with E-state index in [2.05, 4.69) is 12.7 Å². The fraction of sp³-hybridized carbons (Fsp3) is 0.438. The summed E-state index contributed by atoms with van der Waals surface area (Å²) in [6, 6.07) is 7.91. The third kappa shape index (κ3) is 2.70. The van der Waals surface area contributed by atoms with E-state index in [0.717, 1.165) is 23.4 Å². The van der Waals surface area contributed by atoms with Gasteiger partial charge in [-0.2, -0.15) is 0 Å². The van der Waals surface area contributed by atoms with Crippen molar-refractivity contribution in [2.24, 2.45) is 0 Å². The second kappa shape index (κ2) is 4.59. The van der Waals surface area contributed by atoms with Crippen molar-refractivity contribution >= 4 is 11.6 Å². The standard InChI is InChI=1S/C16H19ClO/c1-12(2)8-9-16(18)10-15(3,11-16)13-4-6-14(17)7-5-13/h4-7,9,18H,10-11H2,1-3H3. The zero-order valence-electron chi connectivity index (χ0n) is 11.1. The summed E-state index contributed by atoms with van der Waals surface area (Å²) in [5.41, 5.74) is 4.77. The van der Waals surface area contributed by atoms with Gasteiger partial charge in [-0.25, -0.2) is 0 Å². The smallest absolute Gasteiger partial charge is 0.0917 e. The first-order valence-corrected chi connectivity index (χ1v) is 6.60. The first-order chi connectivity index (χ1) is 8.33. The highest BCUT2D eigenvalue weighted by Crippen LogP contribution is 2.50. The van der Waals surface area contributed by atoms with Gasteiger partial charge in [0.15, 0.2) is 0 Å². The molecule has 1 aromatic rings. The summed E-state index contributed by atoms with van der Waals surface area (Å²) in [6.07, 6.45) is 3.28. The van der Waals surface area contributed by atoms with Gasteiger partial charge in [0.05, 0.1) is 5.60 Å². The van der Waals surface area contributed by atoms with Crippen LogP contribution in [-0.4, -0.2) is 10.7 Å². The second-order valence-corrected chi connectivity index (χ2v) is 6.25. The van der Waals surface area contributed by atoms with E-state index in [-0.39, 0.29) is 5.41 Å². The van der Waals surface area contributed by atoms with Gasteiger partial charge in [0.2, 0.25) is 0 Å². The topological polar surface area (TPSA) is 20.2 Å². The summed E-state index contributed by atoms with van der Waals surface area (Å²) in [5.74, 6) is 0. The van der Waals surface area contributed by atoms with Gasteiger partial charge in [-0.1, -0.05) is 30.7 Å². The first kappa shape index (κ1) is 13.4. The second-order valence-electron chi connectivity index (χ2n) is 5.81. The lowest BCUT2D eigenvalue weighted by atomic mass is 9.57. The Labute approximate surface area is 114 Å². The summed E-state index contributed by atoms with van der Waals surface area (Å²) in [6.45, 7) is 6.15. The summed E-state index contributed by atoms with van der Waals surface area (Å²) < 4.78 is 0. The molecular formula is C16H19ClO. The summed E-state index contributed by atoms with van der Waals surface area (Å²) in [7, 11) is 0. The van der Waals surface area contributed by atoms with Crippen molar-refractivity contribution < 1.29 is 5.11 Å². The lowest BCUT2D eigenvalue weighted by molar-refractivity contribution is -0.0437. The van der Waals surface area contributed by atoms with E-state index in [4.69, 9.17) is 11.6 Å². The predicted octanol–water partition coefficient (Wildman–Crippen LogP) is 4.24. The van der Waals surface area contributed by atoms with Crippen molar-refractivity contribution in [3.8, 4) is 0 Å². The summed E-state index contributed by atoms with van der Waals surface area (Å²) in [5, 5.41) is 11.1. The zero-order valence-corrected chi connectivity index (χ0v) is 11.9. The van der Waals surface area contributed by atoms with E-state index >= 15 is 0 Å². The van der Waals surface area contributed by atoms with Crippen molar-refractivity contribution in [1.82, 2.24) is 0 Å². The molecule has 1 aliphatic carbocycles. The molecule has 0 amide bonds. The van der Waals surface area contributed by atoms with E-state index in [1.165, 1.54) is 5.56 Å². The van der Waals surface area contributed by atoms with Gasteiger partial charge in [0, 0.05) is 5.02 Å². The van der Waals surface area contributed by atoms with E-state index in [1.54, 1.807) is 6.08 Å². The van der Waals surface area contributed by atoms with Crippen LogP contribution in [-0.2, 0) is 5.41 Å². The maximum atomic E-state index is 10.4. The lowest BCUT2D eigenvalue weighted by Gasteiger charge is -2.50. The molecule has 1 nitrogen and oxygen atoms in total. The Bertz CT molecular complexity index is 496. The molecule has 0 atom stereocenters. The monoisotopic (exact) mass is 262 g/mol. The van der Waals surface area contributed by atoms with Gasteiger partial charge in [-0.15, -0.1) is 5.73 Å². The third-order valence-corrected chi connectivity index (χ3v) is 3.82. The molecule has 0 unspecified atom stereocenters. The minimum absolute atomic E-state index is 0.0408. The number of halogens is 1. The van der Waals surface area contributed by atoms with Crippen LogP contribution in [0.2, 0.25) is 5.02 Å². The Hall–Kier alpha value is -1.01. The normalized spacial score (nSPS) is 30.3. The molecule has 18 heavy (non-hydrogen) atoms. The van der Waals surface area contributed by atoms with Crippen molar-refractivity contribution in [2.75, 3.05) is 0 Å². The van der Waals surface area contributed by atoms with E-state index in [9.17, 15) is 5.11 Å². The van der Waals surface area contributed by atoms with Gasteiger partial charge in [0.1, 0.15) is 0 Å². The molecule has 1 aliphatic rings. The van der Waals surface area contributed by atoms with Crippen molar-refractivity contribution in [3.63, 3.8) is 0 Å². The molecular weight excluding hydrogens is 244 g/mol. The number of benzene rings is 1. The summed E-state index contributed by atoms with van der Waals surface area (Å²) >= 11 is 5.90. The highest BCUT2D eigenvalue weighted by atomic mass is 35.5. The molecule has 1 aromatic carbocycles. The average Bonchev–Trinajstić information content (AvgIpc) is 2.25. The Morgan fingerprint density at radius 2 is 1.83 bits per heavy atom. The van der Waals surface area contributed by atoms with Crippen LogP contribution in [0.25, 0.3) is 0 Å². The van der Waals surface area contributed by atoms with Crippen LogP contribution in [0.4, 0.5) is 0 Å². The van der Waals surface area contributed by atoms with Crippen molar-refractivity contribution in [3.05, 3.63) is 52.2 Å². The number of aliphatic hydroxyl groups is 1. The molecule has 0 spiro atoms. The van der Waals surface area contributed by atoms with Crippen molar-refractivity contribution in [2.45, 2.75) is 44.6 Å². The Balaban J connectivity index is 2.15. The van der Waals surface area contributed by atoms with Crippen LogP contribution >= 0.6 is 11.6 Å². The molecule has 0 radical (unpaired) electrons. The Morgan fingerprint density at radius 1 is 1.28 bits per heavy atom. The molecule has 1 N–H and O–H groups in total. The minimum Gasteiger partial charge on any atom is -0.385 e. The number of hydrogen-bond donors (Lipinski definition) is 1. The van der Waals surface area contributed by atoms with Gasteiger partial charge in [-0.3, -0.25) is 0 Å². The molecule has 0 heterocycles. The molecule has 96 valence electrons. The van der Waals surface area contributed by atoms with Gasteiger partial charge < -0.3 is 5.11 Å². The largest absolute Gasteiger partial charge is 0.385 e. The molecule has 2 rings (SSSR count). The molecule has 0 aliphatic heterocycles. The molecule has 2 heteroatoms. The van der Waals surface area contributed by atoms with E-state index < -0.39 is 5.60 Å². The molecule has 0 aromatic heterocycles. The number of hydrogen-bond acceptors (Lipinski definition) is 1.